The summed E-state index contributed by atoms with van der Waals surface area (Å²) in [5, 5.41) is 2.86. The van der Waals surface area contributed by atoms with E-state index in [4.69, 9.17) is 21.5 Å². The molecule has 0 spiro atoms. The van der Waals surface area contributed by atoms with E-state index in [1.54, 1.807) is 6.92 Å². The third kappa shape index (κ3) is 17.2. The number of phosphoric acid groups is 2. The molecule has 0 aliphatic heterocycles. The minimum absolute atomic E-state index is 0. The minimum Gasteiger partial charge on any atom is -0.381 e. The first kappa shape index (κ1) is 22.3. The normalized spacial score (nSPS) is 16.4. The Morgan fingerprint density at radius 1 is 1.07 bits per heavy atom. The van der Waals surface area contributed by atoms with E-state index in [1.165, 1.54) is 6.08 Å². The van der Waals surface area contributed by atoms with Gasteiger partial charge in [0.2, 0.25) is 0 Å². The Hall–Kier alpha value is -1.36. The molecule has 0 fully saturated rings. The van der Waals surface area contributed by atoms with Crippen molar-refractivity contribution in [2.45, 2.75) is 26.7 Å². The summed E-state index contributed by atoms with van der Waals surface area (Å²) in [4.78, 5) is 26.2. The first-order chi connectivity index (χ1) is 14.1. The maximum absolute atomic E-state index is 11.3. The van der Waals surface area contributed by atoms with Crippen LogP contribution in [0.4, 0.5) is 5.69 Å². The van der Waals surface area contributed by atoms with Gasteiger partial charge in [-0.25, -0.2) is 9.13 Å². The van der Waals surface area contributed by atoms with Crippen LogP contribution in [0.2, 0.25) is 0 Å². The van der Waals surface area contributed by atoms with Crippen LogP contribution in [0.15, 0.2) is 53.5 Å². The van der Waals surface area contributed by atoms with E-state index >= 15 is 0 Å². The Kier molecular flexibility index (Phi) is 11.9. The summed E-state index contributed by atoms with van der Waals surface area (Å²) in [6.07, 6.45) is 4.50. The highest BCUT2D eigenvalue weighted by atomic mass is 31.3. The van der Waals surface area contributed by atoms with Crippen LogP contribution in [0.5, 0.6) is 0 Å². The smallest absolute Gasteiger partial charge is 0.381 e. The van der Waals surface area contributed by atoms with Crippen LogP contribution in [0, 0.1) is 0 Å². The van der Waals surface area contributed by atoms with Gasteiger partial charge in [-0.2, -0.15) is 4.31 Å². The van der Waals surface area contributed by atoms with Gasteiger partial charge >= 0.3 is 15.6 Å². The highest BCUT2D eigenvalue weighted by Crippen LogP contribution is 2.57. The molecule has 1 rings (SSSR count). The monoisotopic (exact) mass is 461 g/mol. The Labute approximate surface area is 178 Å². The zero-order valence-electron chi connectivity index (χ0n) is 21.5. The van der Waals surface area contributed by atoms with Crippen molar-refractivity contribution in [1.82, 2.24) is 18.5 Å². The molecular weight excluding hydrogens is 422 g/mol. The van der Waals surface area contributed by atoms with E-state index in [0.29, 0.717) is 12.8 Å². The molecule has 0 saturated heterocycles. The summed E-state index contributed by atoms with van der Waals surface area (Å²) in [6.45, 7) is 3.45. The molecule has 0 heterocycles. The number of hydrogen-bond donors (Lipinski definition) is 7. The summed E-state index contributed by atoms with van der Waals surface area (Å²) in [5.41, 5.74) is 1.68. The summed E-state index contributed by atoms with van der Waals surface area (Å²) in [5.74, 6) is 0. The number of rotatable bonds is 11. The van der Waals surface area contributed by atoms with Crippen molar-refractivity contribution < 1.29 is 39.5 Å². The van der Waals surface area contributed by atoms with Gasteiger partial charge in [0, 0.05) is 12.2 Å². The van der Waals surface area contributed by atoms with Crippen molar-refractivity contribution in [2.75, 3.05) is 18.5 Å². The molecule has 1 unspecified atom stereocenters. The largest absolute Gasteiger partial charge is 0.481 e. The molecule has 1 aromatic rings. The lowest BCUT2D eigenvalue weighted by atomic mass is 10.1. The van der Waals surface area contributed by atoms with Gasteiger partial charge in [0.25, 0.3) is 0 Å². The summed E-state index contributed by atoms with van der Waals surface area (Å²) >= 11 is 0. The Morgan fingerprint density at radius 2 is 1.66 bits per heavy atom. The van der Waals surface area contributed by atoms with Gasteiger partial charge in [0.15, 0.2) is 0 Å². The maximum Gasteiger partial charge on any atom is 0.481 e. The molecule has 0 radical (unpaired) electrons. The van der Waals surface area contributed by atoms with Crippen LogP contribution < -0.4 is 23.8 Å². The fourth-order valence-electron chi connectivity index (χ4n) is 1.72. The van der Waals surface area contributed by atoms with Crippen LogP contribution >= 0.6 is 15.6 Å². The first-order valence-electron chi connectivity index (χ1n) is 10.0. The second kappa shape index (κ2) is 15.5. The van der Waals surface area contributed by atoms with Crippen molar-refractivity contribution in [3.8, 4) is 0 Å². The first-order valence-corrected chi connectivity index (χ1v) is 10.5. The molecule has 1 aromatic carbocycles. The summed E-state index contributed by atoms with van der Waals surface area (Å²) in [6, 6.07) is -1.88. The lowest BCUT2D eigenvalue weighted by molar-refractivity contribution is 0.191. The lowest BCUT2D eigenvalue weighted by Gasteiger charge is -2.11. The number of nitrogens with one attached hydrogen (secondary N) is 1. The zero-order valence-corrected chi connectivity index (χ0v) is 18.3. The SMILES string of the molecule is N.N.N.[2H]c1c([2H])c([2H])c(NC/C(C)=C/CC/C(C)=C/COP(=O)(O)OP(=O)(O)O)c([2H])c1[2H]. The maximum atomic E-state index is 11.3. The average Bonchev–Trinajstić information content (AvgIpc) is 2.62. The molecule has 29 heavy (non-hydrogen) atoms. The van der Waals surface area contributed by atoms with E-state index < -0.39 is 33.8 Å². The van der Waals surface area contributed by atoms with E-state index in [1.807, 2.05) is 13.0 Å². The fraction of sp³-hybridized carbons (Fsp3) is 0.375. The van der Waals surface area contributed by atoms with Gasteiger partial charge in [-0.3, -0.25) is 4.52 Å². The third-order valence-corrected chi connectivity index (χ3v) is 5.11. The van der Waals surface area contributed by atoms with Crippen LogP contribution in [-0.2, 0) is 18.0 Å². The lowest BCUT2D eigenvalue weighted by Crippen LogP contribution is -2.02. The molecule has 13 N–H and O–H groups in total. The molecule has 13 heteroatoms. The number of para-hydroxylation sites is 1. The van der Waals surface area contributed by atoms with Crippen LogP contribution in [0.1, 0.15) is 33.5 Å². The number of phosphoric ester groups is 1. The highest BCUT2D eigenvalue weighted by Gasteiger charge is 2.31. The minimum atomic E-state index is -5.15. The van der Waals surface area contributed by atoms with Gasteiger partial charge < -0.3 is 38.4 Å². The number of allylic oxidation sites excluding steroid dienone is 2. The van der Waals surface area contributed by atoms with E-state index in [2.05, 4.69) is 14.2 Å². The molecule has 0 saturated carbocycles. The quantitative estimate of drug-likeness (QED) is 0.179. The topological polar surface area (TPSA) is 230 Å². The predicted octanol–water partition coefficient (Wildman–Crippen LogP) is 4.48. The molecule has 0 amide bonds. The Bertz CT molecular complexity index is 947. The fourth-order valence-corrected chi connectivity index (χ4v) is 3.25. The van der Waals surface area contributed by atoms with E-state index in [9.17, 15) is 9.13 Å². The molecule has 1 atom stereocenters. The van der Waals surface area contributed by atoms with Gasteiger partial charge in [0.1, 0.15) is 0 Å². The zero-order chi connectivity index (χ0) is 24.0. The van der Waals surface area contributed by atoms with Crippen molar-refractivity contribution in [3.63, 3.8) is 0 Å². The number of hydrogen-bond acceptors (Lipinski definition) is 8. The number of benzene rings is 1. The van der Waals surface area contributed by atoms with Crippen LogP contribution in [0.3, 0.4) is 0 Å². The standard InChI is InChI=1S/C16H25NO7P2.3H3N/c1-14(11-12-23-26(21,22)24-25(18,19)20)7-6-8-15(2)13-17-16-9-4-3-5-10-16;;;/h3-5,8-11,17H,6-7,12-13H2,1-2H3,(H,21,22)(H2,18,19,20);3*1H3/b14-11+,15-8+;;;/i3D,4D,5D,9D,10D;;;. The van der Waals surface area contributed by atoms with Gasteiger partial charge in [0.05, 0.1) is 13.5 Å². The molecule has 11 nitrogen and oxygen atoms in total. The Balaban J connectivity index is -0.00000320. The van der Waals surface area contributed by atoms with Gasteiger partial charge in [-0.15, -0.1) is 0 Å². The van der Waals surface area contributed by atoms with Gasteiger partial charge in [-0.05, 0) is 38.8 Å². The highest BCUT2D eigenvalue weighted by molar-refractivity contribution is 7.60. The second-order valence-corrected chi connectivity index (χ2v) is 8.16. The summed E-state index contributed by atoms with van der Waals surface area (Å²) in [7, 11) is -10.0. The van der Waals surface area contributed by atoms with Crippen LogP contribution in [0.25, 0.3) is 0 Å². The van der Waals surface area contributed by atoms with E-state index in [-0.39, 0.29) is 49.4 Å². The molecule has 170 valence electrons. The molecule has 0 aliphatic carbocycles. The van der Waals surface area contributed by atoms with Crippen molar-refractivity contribution in [3.05, 3.63) is 53.5 Å². The van der Waals surface area contributed by atoms with Crippen LogP contribution in [-0.4, -0.2) is 27.8 Å². The van der Waals surface area contributed by atoms with Crippen molar-refractivity contribution in [2.24, 2.45) is 0 Å². The molecule has 0 aliphatic rings. The van der Waals surface area contributed by atoms with Crippen molar-refractivity contribution in [1.29, 1.82) is 0 Å². The Morgan fingerprint density at radius 3 is 2.21 bits per heavy atom. The molecular formula is C16H34N4O7P2. The average molecular weight is 461 g/mol. The van der Waals surface area contributed by atoms with Crippen molar-refractivity contribution >= 4 is 21.3 Å². The second-order valence-electron chi connectivity index (χ2n) is 5.33. The third-order valence-electron chi connectivity index (χ3n) is 2.95. The molecule has 0 bridgehead atoms. The number of anilines is 1. The van der Waals surface area contributed by atoms with Gasteiger partial charge in [-0.1, -0.05) is 41.4 Å². The summed E-state index contributed by atoms with van der Waals surface area (Å²) < 4.78 is 68.6. The predicted molar refractivity (Wildman–Crippen MR) is 116 cm³/mol. The van der Waals surface area contributed by atoms with E-state index in [0.717, 1.165) is 11.1 Å². The molecule has 0 aromatic heterocycles.